The first-order valence-corrected chi connectivity index (χ1v) is 8.89. The van der Waals surface area contributed by atoms with Crippen LogP contribution in [-0.4, -0.2) is 5.25 Å². The topological polar surface area (TPSA) is 0 Å². The lowest BCUT2D eigenvalue weighted by Crippen LogP contribution is -1.96. The van der Waals surface area contributed by atoms with E-state index in [1.54, 1.807) is 0 Å². The fraction of sp³-hybridized carbons (Fsp3) is 0.778. The van der Waals surface area contributed by atoms with E-state index in [0.29, 0.717) is 5.25 Å². The second-order valence-electron chi connectivity index (χ2n) is 5.82. The smallest absolute Gasteiger partial charge is 0.00513 e. The maximum atomic E-state index is 4.68. The first-order valence-electron chi connectivity index (χ1n) is 8.37. The molecule has 0 aromatic rings. The average Bonchev–Trinajstić information content (AvgIpc) is 2.41. The van der Waals surface area contributed by atoms with Crippen LogP contribution in [0.1, 0.15) is 83.5 Å². The summed E-state index contributed by atoms with van der Waals surface area (Å²) in [5.74, 6) is 0. The number of allylic oxidation sites excluding steroid dienone is 4. The standard InChI is InChI=1S/C18H32S/c19-18-16-14-12-10-8-6-4-2-1-3-5-7-9-11-13-15-17-18/h2,4,13,15,18-19H,1,3,5-12,14,16-17H2/b4-2+,15-13+. The molecule has 0 aromatic carbocycles. The predicted molar refractivity (Wildman–Crippen MR) is 91.1 cm³/mol. The monoisotopic (exact) mass is 280 g/mol. The van der Waals surface area contributed by atoms with Crippen LogP contribution in [0.5, 0.6) is 0 Å². The van der Waals surface area contributed by atoms with Crippen molar-refractivity contribution in [3.63, 3.8) is 0 Å². The van der Waals surface area contributed by atoms with E-state index >= 15 is 0 Å². The highest BCUT2D eigenvalue weighted by molar-refractivity contribution is 7.80. The molecule has 1 unspecified atom stereocenters. The first kappa shape index (κ1) is 16.9. The van der Waals surface area contributed by atoms with Gasteiger partial charge in [-0.25, -0.2) is 0 Å². The van der Waals surface area contributed by atoms with Gasteiger partial charge in [-0.05, 0) is 51.4 Å². The van der Waals surface area contributed by atoms with E-state index in [0.717, 1.165) is 6.42 Å². The van der Waals surface area contributed by atoms with E-state index in [1.165, 1.54) is 77.0 Å². The minimum atomic E-state index is 0.579. The van der Waals surface area contributed by atoms with Crippen molar-refractivity contribution < 1.29 is 0 Å². The van der Waals surface area contributed by atoms with E-state index in [1.807, 2.05) is 0 Å². The third-order valence-corrected chi connectivity index (χ3v) is 4.36. The molecule has 0 N–H and O–H groups in total. The van der Waals surface area contributed by atoms with Crippen LogP contribution in [0, 0.1) is 0 Å². The van der Waals surface area contributed by atoms with Crippen LogP contribution < -0.4 is 0 Å². The maximum absolute atomic E-state index is 4.68. The normalized spacial score (nSPS) is 29.0. The predicted octanol–water partition coefficient (Wildman–Crippen LogP) is 6.48. The molecule has 0 aromatic heterocycles. The zero-order chi connectivity index (χ0) is 13.6. The molecule has 0 heterocycles. The van der Waals surface area contributed by atoms with Crippen LogP contribution in [-0.2, 0) is 0 Å². The molecular formula is C18H32S. The van der Waals surface area contributed by atoms with Crippen LogP contribution in [0.15, 0.2) is 24.3 Å². The maximum Gasteiger partial charge on any atom is 0.00513 e. The fourth-order valence-corrected chi connectivity index (χ4v) is 2.90. The number of hydrogen-bond acceptors (Lipinski definition) is 1. The first-order chi connectivity index (χ1) is 9.39. The highest BCUT2D eigenvalue weighted by Gasteiger charge is 2.00. The summed E-state index contributed by atoms with van der Waals surface area (Å²) in [5.41, 5.74) is 0. The van der Waals surface area contributed by atoms with Crippen molar-refractivity contribution in [2.45, 2.75) is 88.7 Å². The van der Waals surface area contributed by atoms with Gasteiger partial charge in [-0.15, -0.1) is 0 Å². The Morgan fingerprint density at radius 1 is 0.579 bits per heavy atom. The Bertz CT molecular complexity index is 242. The van der Waals surface area contributed by atoms with Crippen molar-refractivity contribution >= 4 is 12.6 Å². The third kappa shape index (κ3) is 11.4. The van der Waals surface area contributed by atoms with Gasteiger partial charge < -0.3 is 0 Å². The molecule has 1 atom stereocenters. The molecule has 0 saturated heterocycles. The van der Waals surface area contributed by atoms with Gasteiger partial charge in [-0.1, -0.05) is 56.4 Å². The van der Waals surface area contributed by atoms with Gasteiger partial charge in [0.2, 0.25) is 0 Å². The molecule has 1 aliphatic rings. The number of rotatable bonds is 0. The molecular weight excluding hydrogens is 248 g/mol. The number of hydrogen-bond donors (Lipinski definition) is 1. The molecule has 0 nitrogen and oxygen atoms in total. The summed E-state index contributed by atoms with van der Waals surface area (Å²) < 4.78 is 0. The van der Waals surface area contributed by atoms with Gasteiger partial charge in [0.15, 0.2) is 0 Å². The van der Waals surface area contributed by atoms with Gasteiger partial charge in [-0.3, -0.25) is 0 Å². The highest BCUT2D eigenvalue weighted by atomic mass is 32.1. The van der Waals surface area contributed by atoms with E-state index in [-0.39, 0.29) is 0 Å². The van der Waals surface area contributed by atoms with Crippen LogP contribution in [0.3, 0.4) is 0 Å². The summed E-state index contributed by atoms with van der Waals surface area (Å²) in [4.78, 5) is 0. The zero-order valence-corrected chi connectivity index (χ0v) is 13.4. The average molecular weight is 281 g/mol. The lowest BCUT2D eigenvalue weighted by molar-refractivity contribution is 0.605. The summed E-state index contributed by atoms with van der Waals surface area (Å²) in [5, 5.41) is 0.579. The molecule has 0 saturated carbocycles. The molecule has 110 valence electrons. The highest BCUT2D eigenvalue weighted by Crippen LogP contribution is 2.15. The third-order valence-electron chi connectivity index (χ3n) is 3.89. The van der Waals surface area contributed by atoms with E-state index < -0.39 is 0 Å². The van der Waals surface area contributed by atoms with Crippen molar-refractivity contribution in [2.75, 3.05) is 0 Å². The molecule has 1 aliphatic carbocycles. The second kappa shape index (κ2) is 12.8. The molecule has 1 rings (SSSR count). The Kier molecular flexibility index (Phi) is 11.4. The summed E-state index contributed by atoms with van der Waals surface area (Å²) in [7, 11) is 0. The van der Waals surface area contributed by atoms with E-state index in [4.69, 9.17) is 0 Å². The van der Waals surface area contributed by atoms with E-state index in [9.17, 15) is 0 Å². The van der Waals surface area contributed by atoms with Crippen molar-refractivity contribution in [1.29, 1.82) is 0 Å². The lowest BCUT2D eigenvalue weighted by atomic mass is 10.1. The van der Waals surface area contributed by atoms with Gasteiger partial charge in [0, 0.05) is 5.25 Å². The van der Waals surface area contributed by atoms with Gasteiger partial charge in [0.05, 0.1) is 0 Å². The molecule has 0 fully saturated rings. The van der Waals surface area contributed by atoms with Crippen LogP contribution in [0.25, 0.3) is 0 Å². The van der Waals surface area contributed by atoms with Crippen molar-refractivity contribution in [1.82, 2.24) is 0 Å². The van der Waals surface area contributed by atoms with Crippen LogP contribution in [0.2, 0.25) is 0 Å². The molecule has 0 aliphatic heterocycles. The van der Waals surface area contributed by atoms with Crippen molar-refractivity contribution in [3.05, 3.63) is 24.3 Å². The molecule has 19 heavy (non-hydrogen) atoms. The molecule has 0 spiro atoms. The van der Waals surface area contributed by atoms with Crippen LogP contribution in [0.4, 0.5) is 0 Å². The fourth-order valence-electron chi connectivity index (χ4n) is 2.60. The minimum Gasteiger partial charge on any atom is -0.176 e. The van der Waals surface area contributed by atoms with Crippen molar-refractivity contribution in [3.8, 4) is 0 Å². The summed E-state index contributed by atoms with van der Waals surface area (Å²) >= 11 is 4.68. The van der Waals surface area contributed by atoms with Gasteiger partial charge in [0.25, 0.3) is 0 Å². The van der Waals surface area contributed by atoms with E-state index in [2.05, 4.69) is 36.9 Å². The van der Waals surface area contributed by atoms with Gasteiger partial charge >= 0.3 is 0 Å². The Morgan fingerprint density at radius 3 is 1.63 bits per heavy atom. The quantitative estimate of drug-likeness (QED) is 0.381. The van der Waals surface area contributed by atoms with Crippen LogP contribution >= 0.6 is 12.6 Å². The lowest BCUT2D eigenvalue weighted by Gasteiger charge is -2.07. The van der Waals surface area contributed by atoms with Gasteiger partial charge in [0.1, 0.15) is 0 Å². The minimum absolute atomic E-state index is 0.579. The summed E-state index contributed by atoms with van der Waals surface area (Å²) in [6.07, 6.45) is 26.8. The Morgan fingerprint density at radius 2 is 1.05 bits per heavy atom. The second-order valence-corrected chi connectivity index (χ2v) is 6.55. The molecule has 0 radical (unpaired) electrons. The van der Waals surface area contributed by atoms with Crippen molar-refractivity contribution in [2.24, 2.45) is 0 Å². The van der Waals surface area contributed by atoms with Gasteiger partial charge in [-0.2, -0.15) is 12.6 Å². The molecule has 1 heteroatoms. The summed E-state index contributed by atoms with van der Waals surface area (Å²) in [6.45, 7) is 0. The number of thiol groups is 1. The molecule has 0 bridgehead atoms. The Labute approximate surface area is 126 Å². The Balaban J connectivity index is 2.20. The summed E-state index contributed by atoms with van der Waals surface area (Å²) in [6, 6.07) is 0. The largest absolute Gasteiger partial charge is 0.176 e. The SMILES string of the molecule is SC1C/C=C/CCCCCC/C=C/CCCCCC1. The molecule has 0 amide bonds. The Hall–Kier alpha value is -0.170. The zero-order valence-electron chi connectivity index (χ0n) is 12.5.